The van der Waals surface area contributed by atoms with Crippen molar-refractivity contribution in [1.29, 1.82) is 0 Å². The Morgan fingerprint density at radius 3 is 2.83 bits per heavy atom. The van der Waals surface area contributed by atoms with Gasteiger partial charge in [0, 0.05) is 41.8 Å². The molecule has 3 aliphatic rings. The summed E-state index contributed by atoms with van der Waals surface area (Å²) in [5.74, 6) is -0.699. The lowest BCUT2D eigenvalue weighted by atomic mass is 10.0. The van der Waals surface area contributed by atoms with E-state index in [4.69, 9.17) is 4.74 Å². The third kappa shape index (κ3) is 3.27. The Bertz CT molecular complexity index is 1460. The van der Waals surface area contributed by atoms with Crippen molar-refractivity contribution >= 4 is 16.6 Å². The predicted octanol–water partition coefficient (Wildman–Crippen LogP) is 4.75. The third-order valence-corrected chi connectivity index (χ3v) is 7.89. The van der Waals surface area contributed by atoms with Gasteiger partial charge < -0.3 is 9.64 Å². The zero-order chi connectivity index (χ0) is 23.7. The fourth-order valence-corrected chi connectivity index (χ4v) is 5.72. The first kappa shape index (κ1) is 21.0. The van der Waals surface area contributed by atoms with Gasteiger partial charge in [-0.2, -0.15) is 5.10 Å². The van der Waals surface area contributed by atoms with Crippen molar-refractivity contribution in [1.82, 2.24) is 20.1 Å². The molecular weight excluding hydrogens is 448 g/mol. The van der Waals surface area contributed by atoms with Gasteiger partial charge in [0.1, 0.15) is 17.3 Å². The maximum Gasteiger partial charge on any atom is 0.132 e. The highest BCUT2D eigenvalue weighted by atomic mass is 19.1. The minimum absolute atomic E-state index is 0.183. The van der Waals surface area contributed by atoms with Crippen molar-refractivity contribution < 1.29 is 13.5 Å². The summed E-state index contributed by atoms with van der Waals surface area (Å²) in [6.07, 6.45) is 3.56. The van der Waals surface area contributed by atoms with Crippen LogP contribution < -0.4 is 4.90 Å². The number of nitrogens with one attached hydrogen (secondary N) is 1. The van der Waals surface area contributed by atoms with Gasteiger partial charge in [-0.3, -0.25) is 15.0 Å². The summed E-state index contributed by atoms with van der Waals surface area (Å²) in [6.45, 7) is 2.81. The molecule has 1 N–H and O–H groups in total. The maximum atomic E-state index is 15.2. The largest absolute Gasteiger partial charge is 0.369 e. The Labute approximate surface area is 201 Å². The summed E-state index contributed by atoms with van der Waals surface area (Å²) in [7, 11) is 2.14. The number of aromatic amines is 1. The molecule has 1 saturated carbocycles. The van der Waals surface area contributed by atoms with E-state index in [1.165, 1.54) is 12.1 Å². The number of rotatable bonds is 0. The first-order chi connectivity index (χ1) is 17.0. The van der Waals surface area contributed by atoms with Crippen LogP contribution in [-0.2, 0) is 11.3 Å². The molecule has 1 atom stereocenters. The summed E-state index contributed by atoms with van der Waals surface area (Å²) in [6, 6.07) is 12.3. The van der Waals surface area contributed by atoms with Crippen molar-refractivity contribution in [2.75, 3.05) is 31.6 Å². The smallest absolute Gasteiger partial charge is 0.132 e. The van der Waals surface area contributed by atoms with Crippen LogP contribution in [0.2, 0.25) is 0 Å². The van der Waals surface area contributed by atoms with E-state index in [9.17, 15) is 0 Å². The summed E-state index contributed by atoms with van der Waals surface area (Å²) in [5.41, 5.74) is 3.93. The highest BCUT2D eigenvalue weighted by Gasteiger charge is 2.53. The molecule has 6 nitrogen and oxygen atoms in total. The first-order valence-corrected chi connectivity index (χ1v) is 12.0. The fourth-order valence-electron chi connectivity index (χ4n) is 5.72. The lowest BCUT2D eigenvalue weighted by Crippen LogP contribution is -2.58. The zero-order valence-electron chi connectivity index (χ0n) is 19.4. The van der Waals surface area contributed by atoms with Gasteiger partial charge in [-0.1, -0.05) is 12.1 Å². The first-order valence-electron chi connectivity index (χ1n) is 12.0. The maximum absolute atomic E-state index is 15.2. The standard InChI is InChI=1S/C27H25F2N5O/c1-33-9-10-34-14-24(33)27(7-8-27)35-15-16-3-2-4-21(29)25(16)22-12-19-23(13-30-22)31-32-26(19)18-11-17(34)5-6-20(18)28/h2-6,11-13,24H,7-10,14-15H2,1H3,(H,31,32). The van der Waals surface area contributed by atoms with Crippen LogP contribution in [0.5, 0.6) is 0 Å². The van der Waals surface area contributed by atoms with E-state index in [1.54, 1.807) is 18.3 Å². The van der Waals surface area contributed by atoms with Crippen LogP contribution in [0.4, 0.5) is 14.5 Å². The Morgan fingerprint density at radius 2 is 1.97 bits per heavy atom. The van der Waals surface area contributed by atoms with Gasteiger partial charge in [-0.15, -0.1) is 0 Å². The van der Waals surface area contributed by atoms with E-state index in [-0.39, 0.29) is 23.3 Å². The lowest BCUT2D eigenvalue weighted by molar-refractivity contribution is -0.0401. The van der Waals surface area contributed by atoms with E-state index in [2.05, 4.69) is 32.0 Å². The molecule has 1 unspecified atom stereocenters. The Morgan fingerprint density at radius 1 is 1.09 bits per heavy atom. The molecular formula is C27H25F2N5O. The van der Waals surface area contributed by atoms with E-state index in [0.29, 0.717) is 40.0 Å². The molecule has 7 rings (SSSR count). The lowest BCUT2D eigenvalue weighted by Gasteiger charge is -2.44. The van der Waals surface area contributed by atoms with Crippen LogP contribution >= 0.6 is 0 Å². The van der Waals surface area contributed by atoms with Crippen LogP contribution in [0.25, 0.3) is 33.4 Å². The number of hydrogen-bond donors (Lipinski definition) is 1. The molecule has 8 heteroatoms. The second kappa shape index (κ2) is 7.57. The molecule has 2 aliphatic heterocycles. The van der Waals surface area contributed by atoms with E-state index >= 15 is 8.78 Å². The second-order valence-electron chi connectivity index (χ2n) is 9.92. The van der Waals surface area contributed by atoms with Crippen LogP contribution in [0.15, 0.2) is 48.7 Å². The van der Waals surface area contributed by atoms with Crippen molar-refractivity contribution in [3.63, 3.8) is 0 Å². The van der Waals surface area contributed by atoms with Gasteiger partial charge >= 0.3 is 0 Å². The van der Waals surface area contributed by atoms with Gasteiger partial charge in [0.15, 0.2) is 0 Å². The molecule has 1 spiro atoms. The fraction of sp³-hybridized carbons (Fsp3) is 0.333. The molecule has 4 heterocycles. The quantitative estimate of drug-likeness (QED) is 0.399. The van der Waals surface area contributed by atoms with Gasteiger partial charge in [0.05, 0.1) is 35.7 Å². The van der Waals surface area contributed by atoms with Crippen LogP contribution in [0.3, 0.4) is 0 Å². The number of aromatic nitrogens is 3. The summed E-state index contributed by atoms with van der Waals surface area (Å²) >= 11 is 0. The molecule has 0 amide bonds. The number of fused-ring (bicyclic) bond motifs is 10. The SMILES string of the molecule is CN1CCN2CC1C1(CC1)OCc1cccc(F)c1-c1cc3c(n[nH]c3cn1)-c1cc2ccc1F. The number of likely N-dealkylation sites (N-methyl/N-ethyl adjacent to an activating group) is 1. The van der Waals surface area contributed by atoms with E-state index in [1.807, 2.05) is 18.2 Å². The Balaban J connectivity index is 1.47. The van der Waals surface area contributed by atoms with Crippen LogP contribution in [0.1, 0.15) is 18.4 Å². The molecule has 2 aromatic heterocycles. The number of piperazine rings is 1. The number of anilines is 1. The molecule has 2 fully saturated rings. The highest BCUT2D eigenvalue weighted by Crippen LogP contribution is 2.47. The minimum Gasteiger partial charge on any atom is -0.369 e. The summed E-state index contributed by atoms with van der Waals surface area (Å²) in [5, 5.41) is 8.09. The molecule has 1 aliphatic carbocycles. The average Bonchev–Trinajstić information content (AvgIpc) is 3.54. The van der Waals surface area contributed by atoms with E-state index < -0.39 is 0 Å². The van der Waals surface area contributed by atoms with Crippen molar-refractivity contribution in [2.45, 2.75) is 31.1 Å². The summed E-state index contributed by atoms with van der Waals surface area (Å²) in [4.78, 5) is 9.20. The number of benzene rings is 2. The van der Waals surface area contributed by atoms with Gasteiger partial charge in [-0.25, -0.2) is 8.78 Å². The summed E-state index contributed by atoms with van der Waals surface area (Å²) < 4.78 is 37.0. The molecule has 1 saturated heterocycles. The number of hydrogen-bond acceptors (Lipinski definition) is 5. The number of nitrogens with zero attached hydrogens (tertiary/aromatic N) is 4. The molecule has 0 radical (unpaired) electrons. The molecule has 4 aromatic rings. The normalized spacial score (nSPS) is 21.1. The molecule has 178 valence electrons. The second-order valence-corrected chi connectivity index (χ2v) is 9.92. The monoisotopic (exact) mass is 473 g/mol. The van der Waals surface area contributed by atoms with Crippen molar-refractivity contribution in [3.05, 3.63) is 65.9 Å². The molecule has 2 aromatic carbocycles. The zero-order valence-corrected chi connectivity index (χ0v) is 19.4. The average molecular weight is 474 g/mol. The minimum atomic E-state index is -0.355. The number of ether oxygens (including phenoxy) is 1. The number of pyridine rings is 1. The van der Waals surface area contributed by atoms with Crippen LogP contribution in [-0.4, -0.2) is 58.4 Å². The van der Waals surface area contributed by atoms with Crippen molar-refractivity contribution in [2.24, 2.45) is 0 Å². The number of H-pyrrole nitrogens is 1. The Kier molecular flexibility index (Phi) is 4.53. The van der Waals surface area contributed by atoms with Crippen molar-refractivity contribution in [3.8, 4) is 22.5 Å². The van der Waals surface area contributed by atoms with Crippen LogP contribution in [0, 0.1) is 11.6 Å². The molecule has 6 bridgehead atoms. The van der Waals surface area contributed by atoms with E-state index in [0.717, 1.165) is 43.7 Å². The van der Waals surface area contributed by atoms with Gasteiger partial charge in [0.25, 0.3) is 0 Å². The highest BCUT2D eigenvalue weighted by molar-refractivity contribution is 5.95. The van der Waals surface area contributed by atoms with Gasteiger partial charge in [0.2, 0.25) is 0 Å². The van der Waals surface area contributed by atoms with Gasteiger partial charge in [-0.05, 0) is 55.8 Å². The predicted molar refractivity (Wildman–Crippen MR) is 130 cm³/mol. The Hall–Kier alpha value is -3.36. The topological polar surface area (TPSA) is 57.3 Å². The molecule has 35 heavy (non-hydrogen) atoms. The third-order valence-electron chi connectivity index (χ3n) is 7.89. The number of halogens is 2.